The maximum Gasteiger partial charge on any atom is 0.278 e. The van der Waals surface area contributed by atoms with E-state index in [-0.39, 0.29) is 35.2 Å². The van der Waals surface area contributed by atoms with Crippen molar-refractivity contribution in [3.63, 3.8) is 0 Å². The second kappa shape index (κ2) is 8.20. The highest BCUT2D eigenvalue weighted by Crippen LogP contribution is 2.40. The van der Waals surface area contributed by atoms with Crippen LogP contribution in [0.3, 0.4) is 0 Å². The number of fused-ring (bicyclic) bond motifs is 3. The Labute approximate surface area is 191 Å². The van der Waals surface area contributed by atoms with E-state index >= 15 is 0 Å². The van der Waals surface area contributed by atoms with Gasteiger partial charge >= 0.3 is 0 Å². The molecule has 1 atom stereocenters. The largest absolute Gasteiger partial charge is 0.502 e. The van der Waals surface area contributed by atoms with Crippen LogP contribution in [0.1, 0.15) is 65.6 Å². The summed E-state index contributed by atoms with van der Waals surface area (Å²) in [5.74, 6) is -2.21. The molecule has 2 N–H and O–H groups in total. The molecule has 0 unspecified atom stereocenters. The first-order valence-electron chi connectivity index (χ1n) is 11.2. The molecule has 0 bridgehead atoms. The molecule has 9 heteroatoms. The monoisotopic (exact) mass is 456 g/mol. The van der Waals surface area contributed by atoms with Gasteiger partial charge in [-0.05, 0) is 49.9 Å². The summed E-state index contributed by atoms with van der Waals surface area (Å²) in [5.41, 5.74) is -0.114. The van der Waals surface area contributed by atoms with E-state index in [1.165, 1.54) is 23.0 Å². The zero-order valence-electron chi connectivity index (χ0n) is 19.3. The van der Waals surface area contributed by atoms with E-state index in [0.717, 1.165) is 12.8 Å². The van der Waals surface area contributed by atoms with Crippen molar-refractivity contribution in [2.75, 3.05) is 18.1 Å². The number of nitrogens with one attached hydrogen (secondary N) is 1. The average molecular weight is 457 g/mol. The first kappa shape index (κ1) is 22.8. The van der Waals surface area contributed by atoms with Crippen LogP contribution in [0.5, 0.6) is 5.75 Å². The number of hydrogen-bond acceptors (Lipinski definition) is 5. The predicted octanol–water partition coefficient (Wildman–Crippen LogP) is 2.49. The van der Waals surface area contributed by atoms with Crippen LogP contribution in [0, 0.1) is 18.2 Å². The van der Waals surface area contributed by atoms with E-state index in [0.29, 0.717) is 24.2 Å². The highest BCUT2D eigenvalue weighted by Gasteiger charge is 2.48. The SMILES string of the molecule is CCN1C(=O)c2c(O)c(=O)c(C(=O)NCc3ccc(F)cc3C)cn2N2CCCC(C)(C)[C@@H]12. The molecule has 33 heavy (non-hydrogen) atoms. The number of aryl methyl sites for hydroxylation is 1. The molecule has 1 saturated heterocycles. The van der Waals surface area contributed by atoms with Crippen LogP contribution in [0.2, 0.25) is 0 Å². The van der Waals surface area contributed by atoms with Crippen molar-refractivity contribution in [2.24, 2.45) is 5.41 Å². The summed E-state index contributed by atoms with van der Waals surface area (Å²) in [4.78, 5) is 40.7. The van der Waals surface area contributed by atoms with Crippen molar-refractivity contribution in [1.29, 1.82) is 0 Å². The standard InChI is InChI=1S/C24H29FN4O4/c1-5-27-22(33)18-20(31)19(30)17(13-29(18)28-10-6-9-24(3,4)23(27)28)21(32)26-12-15-7-8-16(25)11-14(15)2/h7-8,11,13,23,31H,5-6,9-10,12H2,1-4H3,(H,26,32)/t23-/m0/s1. The fourth-order valence-corrected chi connectivity index (χ4v) is 5.00. The van der Waals surface area contributed by atoms with Crippen LogP contribution >= 0.6 is 0 Å². The smallest absolute Gasteiger partial charge is 0.278 e. The van der Waals surface area contributed by atoms with Gasteiger partial charge in [0.15, 0.2) is 11.4 Å². The fraction of sp³-hybridized carbons (Fsp3) is 0.458. The molecule has 2 aromatic rings. The minimum absolute atomic E-state index is 0.0921. The molecule has 176 valence electrons. The summed E-state index contributed by atoms with van der Waals surface area (Å²) in [7, 11) is 0. The van der Waals surface area contributed by atoms with Crippen LogP contribution in [-0.4, -0.2) is 45.8 Å². The number of amides is 2. The van der Waals surface area contributed by atoms with Gasteiger partial charge in [-0.3, -0.25) is 24.1 Å². The first-order valence-corrected chi connectivity index (χ1v) is 11.2. The van der Waals surface area contributed by atoms with Crippen molar-refractivity contribution < 1.29 is 19.1 Å². The Balaban J connectivity index is 1.73. The number of benzene rings is 1. The zero-order chi connectivity index (χ0) is 24.1. The van der Waals surface area contributed by atoms with Crippen LogP contribution < -0.4 is 15.8 Å². The molecule has 2 aliphatic rings. The van der Waals surface area contributed by atoms with Gasteiger partial charge in [0.25, 0.3) is 11.8 Å². The van der Waals surface area contributed by atoms with Crippen molar-refractivity contribution in [1.82, 2.24) is 14.9 Å². The quantitative estimate of drug-likeness (QED) is 0.737. The molecule has 1 aromatic carbocycles. The number of piperidine rings is 1. The molecule has 0 radical (unpaired) electrons. The maximum absolute atomic E-state index is 13.3. The summed E-state index contributed by atoms with van der Waals surface area (Å²) >= 11 is 0. The van der Waals surface area contributed by atoms with Gasteiger partial charge in [0, 0.05) is 31.2 Å². The Bertz CT molecular complexity index is 1190. The third-order valence-corrected chi connectivity index (χ3v) is 6.72. The van der Waals surface area contributed by atoms with E-state index in [4.69, 9.17) is 0 Å². The fourth-order valence-electron chi connectivity index (χ4n) is 5.00. The molecule has 8 nitrogen and oxygen atoms in total. The number of hydrogen-bond donors (Lipinski definition) is 2. The predicted molar refractivity (Wildman–Crippen MR) is 121 cm³/mol. The van der Waals surface area contributed by atoms with Crippen molar-refractivity contribution in [3.05, 3.63) is 62.8 Å². The number of aromatic hydroxyl groups is 1. The van der Waals surface area contributed by atoms with Crippen molar-refractivity contribution in [3.8, 4) is 5.75 Å². The molecule has 1 aromatic heterocycles. The molecular formula is C24H29FN4O4. The Hall–Kier alpha value is -3.36. The molecular weight excluding hydrogens is 427 g/mol. The average Bonchev–Trinajstić information content (AvgIpc) is 2.75. The number of nitrogens with zero attached hydrogens (tertiary/aromatic N) is 3. The second-order valence-electron chi connectivity index (χ2n) is 9.39. The van der Waals surface area contributed by atoms with Crippen LogP contribution in [-0.2, 0) is 6.54 Å². The van der Waals surface area contributed by atoms with Gasteiger partial charge in [-0.25, -0.2) is 4.39 Å². The van der Waals surface area contributed by atoms with Gasteiger partial charge in [0.05, 0.1) is 0 Å². The number of aromatic nitrogens is 1. The van der Waals surface area contributed by atoms with Gasteiger partial charge < -0.3 is 15.3 Å². The van der Waals surface area contributed by atoms with Crippen LogP contribution in [0.15, 0.2) is 29.2 Å². The number of rotatable bonds is 4. The normalized spacial score (nSPS) is 19.2. The highest BCUT2D eigenvalue weighted by molar-refractivity contribution is 5.99. The minimum atomic E-state index is -0.895. The number of carbonyl (C=O) groups is 2. The van der Waals surface area contributed by atoms with Gasteiger partial charge in [-0.15, -0.1) is 0 Å². The number of halogens is 1. The Morgan fingerprint density at radius 2 is 2.03 bits per heavy atom. The van der Waals surface area contributed by atoms with Gasteiger partial charge in [-0.1, -0.05) is 19.9 Å². The maximum atomic E-state index is 13.3. The Morgan fingerprint density at radius 3 is 2.70 bits per heavy atom. The van der Waals surface area contributed by atoms with E-state index in [9.17, 15) is 23.9 Å². The second-order valence-corrected chi connectivity index (χ2v) is 9.39. The lowest BCUT2D eigenvalue weighted by atomic mass is 9.79. The van der Waals surface area contributed by atoms with E-state index in [2.05, 4.69) is 19.2 Å². The summed E-state index contributed by atoms with van der Waals surface area (Å²) in [6.45, 7) is 8.91. The molecule has 0 aliphatic carbocycles. The summed E-state index contributed by atoms with van der Waals surface area (Å²) in [6.07, 6.45) is 2.87. The third-order valence-electron chi connectivity index (χ3n) is 6.72. The first-order chi connectivity index (χ1) is 15.6. The molecule has 4 rings (SSSR count). The highest BCUT2D eigenvalue weighted by atomic mass is 19.1. The topological polar surface area (TPSA) is 94.9 Å². The molecule has 2 aliphatic heterocycles. The van der Waals surface area contributed by atoms with Gasteiger partial charge in [-0.2, -0.15) is 0 Å². The number of carbonyl (C=O) groups excluding carboxylic acids is 2. The molecule has 1 fully saturated rings. The molecule has 0 saturated carbocycles. The third kappa shape index (κ3) is 3.75. The zero-order valence-corrected chi connectivity index (χ0v) is 19.3. The minimum Gasteiger partial charge on any atom is -0.502 e. The summed E-state index contributed by atoms with van der Waals surface area (Å²) < 4.78 is 14.8. The Kier molecular flexibility index (Phi) is 5.67. The lowest BCUT2D eigenvalue weighted by Crippen LogP contribution is -2.68. The summed E-state index contributed by atoms with van der Waals surface area (Å²) in [6, 6.07) is 4.24. The van der Waals surface area contributed by atoms with Gasteiger partial charge in [0.2, 0.25) is 5.43 Å². The van der Waals surface area contributed by atoms with Crippen LogP contribution in [0.4, 0.5) is 4.39 Å². The van der Waals surface area contributed by atoms with Gasteiger partial charge in [0.1, 0.15) is 17.5 Å². The lowest BCUT2D eigenvalue weighted by Gasteiger charge is -2.55. The molecule has 0 spiro atoms. The van der Waals surface area contributed by atoms with Crippen LogP contribution in [0.25, 0.3) is 0 Å². The van der Waals surface area contributed by atoms with E-state index in [1.807, 2.05) is 11.9 Å². The van der Waals surface area contributed by atoms with Crippen molar-refractivity contribution >= 4 is 11.8 Å². The van der Waals surface area contributed by atoms with Crippen molar-refractivity contribution in [2.45, 2.75) is 53.2 Å². The van der Waals surface area contributed by atoms with E-state index in [1.54, 1.807) is 17.9 Å². The molecule has 3 heterocycles. The lowest BCUT2D eigenvalue weighted by molar-refractivity contribution is 0.0186. The molecule has 2 amide bonds. The Morgan fingerprint density at radius 1 is 1.30 bits per heavy atom. The van der Waals surface area contributed by atoms with E-state index < -0.39 is 23.0 Å². The summed E-state index contributed by atoms with van der Waals surface area (Å²) in [5, 5.41) is 15.3. The number of pyridine rings is 1.